The predicted octanol–water partition coefficient (Wildman–Crippen LogP) is 10.5. The third-order valence-corrected chi connectivity index (χ3v) is 13.5. The molecule has 0 radical (unpaired) electrons. The lowest BCUT2D eigenvalue weighted by Gasteiger charge is -2.29. The predicted molar refractivity (Wildman–Crippen MR) is 188 cm³/mol. The lowest BCUT2D eigenvalue weighted by atomic mass is 9.90. The first-order chi connectivity index (χ1) is 21.7. The molecule has 0 unspecified atom stereocenters. The number of hydrogen-bond acceptors (Lipinski definition) is 2. The normalized spacial score (nSPS) is 14.2. The molecule has 0 amide bonds. The molecule has 4 aromatic carbocycles. The smallest absolute Gasteiger partial charge is 0.122 e. The molecule has 2 aromatic heterocycles. The minimum absolute atomic E-state index is 0.995. The number of pyridine rings is 2. The van der Waals surface area contributed by atoms with E-state index in [1.165, 1.54) is 32.7 Å². The molecular formula is C41H34N2Si. The Hall–Kier alpha value is -5.12. The van der Waals surface area contributed by atoms with Crippen molar-refractivity contribution in [2.24, 2.45) is 0 Å². The van der Waals surface area contributed by atoms with Gasteiger partial charge in [-0.3, -0.25) is 0 Å². The average molecular weight is 583 g/mol. The van der Waals surface area contributed by atoms with Gasteiger partial charge in [0, 0.05) is 11.1 Å². The van der Waals surface area contributed by atoms with Gasteiger partial charge in [0.2, 0.25) is 0 Å². The van der Waals surface area contributed by atoms with Gasteiger partial charge in [-0.2, -0.15) is 0 Å². The zero-order valence-electron chi connectivity index (χ0n) is 25.1. The van der Waals surface area contributed by atoms with Gasteiger partial charge in [-0.1, -0.05) is 153 Å². The largest absolute Gasteiger partial charge is 0.249 e. The third kappa shape index (κ3) is 4.95. The molecule has 0 bridgehead atoms. The molecule has 0 saturated carbocycles. The Bertz CT molecular complexity index is 1840. The van der Waals surface area contributed by atoms with Crippen molar-refractivity contribution in [3.05, 3.63) is 180 Å². The average Bonchev–Trinajstić information content (AvgIpc) is 3.39. The summed E-state index contributed by atoms with van der Waals surface area (Å²) in [7, 11) is -2.41. The van der Waals surface area contributed by atoms with Crippen LogP contribution in [0.25, 0.3) is 44.1 Å². The molecule has 1 aliphatic rings. The second kappa shape index (κ2) is 11.9. The van der Waals surface area contributed by atoms with Crippen LogP contribution in [0.3, 0.4) is 0 Å². The Morgan fingerprint density at radius 1 is 0.386 bits per heavy atom. The molecule has 0 saturated heterocycles. The first-order valence-electron chi connectivity index (χ1n) is 15.3. The summed E-state index contributed by atoms with van der Waals surface area (Å²) in [5.74, 6) is 0. The van der Waals surface area contributed by atoms with Crippen LogP contribution in [0.4, 0.5) is 0 Å². The quantitative estimate of drug-likeness (QED) is 0.175. The fourth-order valence-electron chi connectivity index (χ4n) is 6.58. The fourth-order valence-corrected chi connectivity index (χ4v) is 10.6. The lowest BCUT2D eigenvalue weighted by molar-refractivity contribution is 1.27. The Balaban J connectivity index is 1.55. The molecule has 44 heavy (non-hydrogen) atoms. The number of aromatic nitrogens is 2. The Morgan fingerprint density at radius 2 is 0.705 bits per heavy atom. The standard InChI is InChI=1S/C41H34N2Si/c1-3-44(2)40(36-28-16-26-34(42-36)30-18-8-4-9-19-30)38(32-22-12-6-13-23-32)39(33-24-14-7-15-25-33)41(44)37-29-17-27-35(43-37)31-20-10-5-11-21-31/h4-29H,3H2,1-2H3. The van der Waals surface area contributed by atoms with Gasteiger partial charge >= 0.3 is 0 Å². The SMILES string of the molecule is CC[Si]1(C)C(c2cccc(-c3ccccc3)n2)=C(c2ccccc2)C(c2ccccc2)=C1c1cccc(-c2ccccc2)n1. The van der Waals surface area contributed by atoms with Crippen molar-refractivity contribution in [1.82, 2.24) is 9.97 Å². The van der Waals surface area contributed by atoms with E-state index in [1.807, 2.05) is 0 Å². The van der Waals surface area contributed by atoms with Gasteiger partial charge < -0.3 is 0 Å². The van der Waals surface area contributed by atoms with Crippen LogP contribution in [0.5, 0.6) is 0 Å². The van der Waals surface area contributed by atoms with E-state index < -0.39 is 8.07 Å². The summed E-state index contributed by atoms with van der Waals surface area (Å²) in [5, 5.41) is 2.76. The van der Waals surface area contributed by atoms with Crippen LogP contribution in [0.15, 0.2) is 158 Å². The highest BCUT2D eigenvalue weighted by molar-refractivity contribution is 7.13. The fraction of sp³-hybridized carbons (Fsp3) is 0.0732. The van der Waals surface area contributed by atoms with Crippen LogP contribution >= 0.6 is 0 Å². The minimum atomic E-state index is -2.41. The first kappa shape index (κ1) is 27.7. The Labute approximate surface area is 261 Å². The van der Waals surface area contributed by atoms with Crippen LogP contribution in [0, 0.1) is 0 Å². The summed E-state index contributed by atoms with van der Waals surface area (Å²) in [4.78, 5) is 10.8. The van der Waals surface area contributed by atoms with Crippen molar-refractivity contribution in [3.63, 3.8) is 0 Å². The second-order valence-electron chi connectivity index (χ2n) is 11.5. The number of hydrogen-bond donors (Lipinski definition) is 0. The summed E-state index contributed by atoms with van der Waals surface area (Å²) < 4.78 is 0. The molecule has 7 rings (SSSR count). The summed E-state index contributed by atoms with van der Waals surface area (Å²) in [6.07, 6.45) is 0. The monoisotopic (exact) mass is 582 g/mol. The van der Waals surface area contributed by atoms with E-state index in [2.05, 4.69) is 171 Å². The minimum Gasteiger partial charge on any atom is -0.249 e. The highest BCUT2D eigenvalue weighted by Crippen LogP contribution is 2.56. The third-order valence-electron chi connectivity index (χ3n) is 8.84. The van der Waals surface area contributed by atoms with Crippen LogP contribution in [-0.2, 0) is 0 Å². The number of nitrogens with zero attached hydrogens (tertiary/aromatic N) is 2. The molecule has 0 aliphatic carbocycles. The molecule has 2 nitrogen and oxygen atoms in total. The molecular weight excluding hydrogens is 549 g/mol. The van der Waals surface area contributed by atoms with E-state index in [0.717, 1.165) is 39.9 Å². The van der Waals surface area contributed by atoms with E-state index in [9.17, 15) is 0 Å². The van der Waals surface area contributed by atoms with Crippen molar-refractivity contribution in [3.8, 4) is 22.5 Å². The van der Waals surface area contributed by atoms with Gasteiger partial charge in [-0.05, 0) is 56.9 Å². The molecule has 0 N–H and O–H groups in total. The van der Waals surface area contributed by atoms with E-state index in [-0.39, 0.29) is 0 Å². The highest BCUT2D eigenvalue weighted by atomic mass is 28.3. The molecule has 212 valence electrons. The number of allylic oxidation sites excluding steroid dienone is 2. The van der Waals surface area contributed by atoms with Crippen molar-refractivity contribution >= 4 is 29.6 Å². The topological polar surface area (TPSA) is 25.8 Å². The molecule has 3 heterocycles. The summed E-state index contributed by atoms with van der Waals surface area (Å²) >= 11 is 0. The van der Waals surface area contributed by atoms with Crippen molar-refractivity contribution in [2.75, 3.05) is 0 Å². The molecule has 0 spiro atoms. The maximum atomic E-state index is 5.40. The van der Waals surface area contributed by atoms with Crippen LogP contribution in [0.1, 0.15) is 29.4 Å². The molecule has 0 atom stereocenters. The van der Waals surface area contributed by atoms with Gasteiger partial charge in [-0.25, -0.2) is 9.97 Å². The summed E-state index contributed by atoms with van der Waals surface area (Å²) in [5.41, 5.74) is 11.4. The molecule has 0 fully saturated rings. The van der Waals surface area contributed by atoms with Crippen molar-refractivity contribution in [2.45, 2.75) is 19.5 Å². The van der Waals surface area contributed by atoms with Gasteiger partial charge in [-0.15, -0.1) is 0 Å². The van der Waals surface area contributed by atoms with Crippen molar-refractivity contribution in [1.29, 1.82) is 0 Å². The van der Waals surface area contributed by atoms with E-state index in [1.54, 1.807) is 0 Å². The Kier molecular flexibility index (Phi) is 7.47. The van der Waals surface area contributed by atoms with E-state index in [0.29, 0.717) is 0 Å². The van der Waals surface area contributed by atoms with Gasteiger partial charge in [0.05, 0.1) is 22.8 Å². The molecule has 6 aromatic rings. The number of rotatable bonds is 7. The van der Waals surface area contributed by atoms with Gasteiger partial charge in [0.1, 0.15) is 8.07 Å². The van der Waals surface area contributed by atoms with Gasteiger partial charge in [0.25, 0.3) is 0 Å². The summed E-state index contributed by atoms with van der Waals surface area (Å²) in [6, 6.07) is 56.8. The lowest BCUT2D eigenvalue weighted by Crippen LogP contribution is -2.32. The van der Waals surface area contributed by atoms with Crippen LogP contribution in [-0.4, -0.2) is 18.0 Å². The zero-order valence-corrected chi connectivity index (χ0v) is 26.1. The maximum Gasteiger partial charge on any atom is 0.122 e. The summed E-state index contributed by atoms with van der Waals surface area (Å²) in [6.45, 7) is 4.87. The first-order valence-corrected chi connectivity index (χ1v) is 18.0. The second-order valence-corrected chi connectivity index (χ2v) is 15.8. The van der Waals surface area contributed by atoms with Crippen LogP contribution in [0.2, 0.25) is 12.6 Å². The van der Waals surface area contributed by atoms with E-state index >= 15 is 0 Å². The zero-order chi connectivity index (χ0) is 29.9. The molecule has 3 heteroatoms. The maximum absolute atomic E-state index is 5.40. The Morgan fingerprint density at radius 3 is 1.05 bits per heavy atom. The number of benzene rings is 4. The highest BCUT2D eigenvalue weighted by Gasteiger charge is 2.47. The van der Waals surface area contributed by atoms with Crippen LogP contribution < -0.4 is 0 Å². The van der Waals surface area contributed by atoms with E-state index in [4.69, 9.17) is 9.97 Å². The van der Waals surface area contributed by atoms with Crippen molar-refractivity contribution < 1.29 is 0 Å². The van der Waals surface area contributed by atoms with Gasteiger partial charge in [0.15, 0.2) is 0 Å². The molecule has 1 aliphatic heterocycles.